The van der Waals surface area contributed by atoms with E-state index in [1.165, 1.54) is 81.6 Å². The van der Waals surface area contributed by atoms with Gasteiger partial charge in [-0.3, -0.25) is 28.8 Å². The first-order chi connectivity index (χ1) is 27.6. The van der Waals surface area contributed by atoms with E-state index in [1.54, 1.807) is 12.1 Å². The van der Waals surface area contributed by atoms with Gasteiger partial charge in [-0.2, -0.15) is 0 Å². The van der Waals surface area contributed by atoms with Gasteiger partial charge in [-0.05, 0) is 48.0 Å². The highest BCUT2D eigenvalue weighted by Crippen LogP contribution is 2.38. The molecule has 4 aromatic rings. The van der Waals surface area contributed by atoms with E-state index in [1.807, 2.05) is 0 Å². The van der Waals surface area contributed by atoms with Crippen LogP contribution in [0.1, 0.15) is 40.2 Å². The van der Waals surface area contributed by atoms with Crippen LogP contribution in [-0.2, 0) is 47.7 Å². The standard InChI is InChI=1S/C41H36O17/c1-21(42)51-28-12-7-26(8-13-28)9-16-36(47)50-20-35-31(53-23(3)44)19-34(55-25(5)46)41(57-35)58-40-38(48)37-32(54-24(4)45)17-30(49-6)18-33(37)56-39(40)27-10-14-29(15-11-27)52-22(2)43/h7-19,34-35,41H,20H2,1-6H3/b16-9+/t34?,35?,41-/m0/s1. The summed E-state index contributed by atoms with van der Waals surface area (Å²) in [5.41, 5.74) is -0.145. The maximum Gasteiger partial charge on any atom is 0.330 e. The number of esters is 6. The minimum absolute atomic E-state index is 0.0802. The SMILES string of the molecule is COc1cc(OC(C)=O)c2c(=O)c(O[C@@H]3OC(COC(=O)/C=C/c4ccc(OC(C)=O)cc4)C(OC(C)=O)=CC3OC(C)=O)c(-c3ccc(OC(C)=O)cc3)oc2c1. The third-order valence-electron chi connectivity index (χ3n) is 7.70. The zero-order valence-corrected chi connectivity index (χ0v) is 31.9. The summed E-state index contributed by atoms with van der Waals surface area (Å²) in [6.07, 6.45) is -0.766. The van der Waals surface area contributed by atoms with Crippen molar-refractivity contribution >= 4 is 52.9 Å². The quantitative estimate of drug-likeness (QED) is 0.0754. The van der Waals surface area contributed by atoms with Crippen molar-refractivity contribution in [2.24, 2.45) is 0 Å². The lowest BCUT2D eigenvalue weighted by Crippen LogP contribution is -2.46. The van der Waals surface area contributed by atoms with Gasteiger partial charge in [-0.1, -0.05) is 12.1 Å². The van der Waals surface area contributed by atoms with Gasteiger partial charge in [-0.25, -0.2) is 4.79 Å². The normalized spacial score (nSPS) is 16.1. The van der Waals surface area contributed by atoms with Crippen molar-refractivity contribution in [3.63, 3.8) is 0 Å². The summed E-state index contributed by atoms with van der Waals surface area (Å²) in [4.78, 5) is 86.5. The number of methoxy groups -OCH3 is 1. The van der Waals surface area contributed by atoms with Crippen molar-refractivity contribution in [1.82, 2.24) is 0 Å². The van der Waals surface area contributed by atoms with Gasteiger partial charge in [-0.15, -0.1) is 0 Å². The summed E-state index contributed by atoms with van der Waals surface area (Å²) in [5.74, 6) is -4.74. The molecule has 0 fully saturated rings. The van der Waals surface area contributed by atoms with E-state index in [0.717, 1.165) is 26.8 Å². The lowest BCUT2D eigenvalue weighted by Gasteiger charge is -2.34. The number of fused-ring (bicyclic) bond motifs is 1. The smallest absolute Gasteiger partial charge is 0.330 e. The van der Waals surface area contributed by atoms with Crippen LogP contribution in [0.3, 0.4) is 0 Å². The molecule has 1 aliphatic rings. The molecule has 1 aromatic heterocycles. The van der Waals surface area contributed by atoms with E-state index in [0.29, 0.717) is 11.3 Å². The van der Waals surface area contributed by atoms with Gasteiger partial charge in [0.1, 0.15) is 46.3 Å². The monoisotopic (exact) mass is 800 g/mol. The number of rotatable bonds is 13. The number of benzene rings is 3. The second-order valence-corrected chi connectivity index (χ2v) is 12.3. The number of hydrogen-bond donors (Lipinski definition) is 0. The molecule has 0 saturated heterocycles. The van der Waals surface area contributed by atoms with E-state index in [4.69, 9.17) is 47.0 Å². The van der Waals surface area contributed by atoms with Crippen LogP contribution < -0.4 is 29.1 Å². The molecule has 0 saturated carbocycles. The van der Waals surface area contributed by atoms with Crippen LogP contribution in [0.5, 0.6) is 28.7 Å². The Balaban J connectivity index is 1.54. The minimum Gasteiger partial charge on any atom is -0.496 e. The maximum atomic E-state index is 14.5. The Labute approximate surface area is 329 Å². The average molecular weight is 801 g/mol. The predicted molar refractivity (Wildman–Crippen MR) is 200 cm³/mol. The van der Waals surface area contributed by atoms with Crippen molar-refractivity contribution in [3.05, 3.63) is 94.4 Å². The Morgan fingerprint density at radius 1 is 0.724 bits per heavy atom. The minimum atomic E-state index is -1.69. The molecule has 3 aromatic carbocycles. The topological polar surface area (TPSA) is 216 Å². The molecular weight excluding hydrogens is 764 g/mol. The molecule has 0 bridgehead atoms. The Morgan fingerprint density at radius 3 is 1.90 bits per heavy atom. The number of carbonyl (C=O) groups excluding carboxylic acids is 6. The molecule has 0 amide bonds. The van der Waals surface area contributed by atoms with E-state index in [9.17, 15) is 33.6 Å². The number of hydrogen-bond acceptors (Lipinski definition) is 17. The van der Waals surface area contributed by atoms with Crippen LogP contribution in [-0.4, -0.2) is 68.0 Å². The number of ether oxygens (including phenoxy) is 9. The zero-order valence-electron chi connectivity index (χ0n) is 31.9. The van der Waals surface area contributed by atoms with Gasteiger partial charge in [0.15, 0.2) is 18.0 Å². The van der Waals surface area contributed by atoms with Crippen molar-refractivity contribution in [2.75, 3.05) is 13.7 Å². The molecule has 0 spiro atoms. The van der Waals surface area contributed by atoms with E-state index < -0.39 is 72.1 Å². The largest absolute Gasteiger partial charge is 0.496 e. The third-order valence-corrected chi connectivity index (χ3v) is 7.70. The Kier molecular flexibility index (Phi) is 13.4. The summed E-state index contributed by atoms with van der Waals surface area (Å²) in [6.45, 7) is 5.26. The first-order valence-corrected chi connectivity index (χ1v) is 17.3. The fourth-order valence-electron chi connectivity index (χ4n) is 5.45. The highest BCUT2D eigenvalue weighted by molar-refractivity contribution is 5.91. The lowest BCUT2D eigenvalue weighted by atomic mass is 10.1. The van der Waals surface area contributed by atoms with E-state index in [2.05, 4.69) is 0 Å². The van der Waals surface area contributed by atoms with Crippen LogP contribution in [0.4, 0.5) is 0 Å². The molecule has 0 aliphatic carbocycles. The Morgan fingerprint density at radius 2 is 1.33 bits per heavy atom. The summed E-state index contributed by atoms with van der Waals surface area (Å²) in [6, 6.07) is 14.7. The van der Waals surface area contributed by atoms with Crippen LogP contribution in [0, 0.1) is 0 Å². The molecule has 0 radical (unpaired) electrons. The van der Waals surface area contributed by atoms with Crippen LogP contribution >= 0.6 is 0 Å². The van der Waals surface area contributed by atoms with Crippen LogP contribution in [0.2, 0.25) is 0 Å². The fraction of sp³-hybridized carbons (Fsp3) is 0.244. The fourth-order valence-corrected chi connectivity index (χ4v) is 5.45. The van der Waals surface area contributed by atoms with Gasteiger partial charge in [0.25, 0.3) is 0 Å². The van der Waals surface area contributed by atoms with Crippen molar-refractivity contribution in [1.29, 1.82) is 0 Å². The average Bonchev–Trinajstić information content (AvgIpc) is 3.14. The molecule has 17 nitrogen and oxygen atoms in total. The van der Waals surface area contributed by atoms with Crippen LogP contribution in [0.15, 0.2) is 87.8 Å². The van der Waals surface area contributed by atoms with Gasteiger partial charge >= 0.3 is 35.8 Å². The number of carbonyl (C=O) groups is 6. The summed E-state index contributed by atoms with van der Waals surface area (Å²) >= 11 is 0. The summed E-state index contributed by atoms with van der Waals surface area (Å²) in [5, 5.41) is -0.236. The molecule has 2 unspecified atom stereocenters. The highest BCUT2D eigenvalue weighted by Gasteiger charge is 2.39. The second-order valence-electron chi connectivity index (χ2n) is 12.3. The Hall–Kier alpha value is -7.27. The molecule has 0 N–H and O–H groups in total. The molecule has 1 aliphatic heterocycles. The molecule has 3 atom stereocenters. The molecule has 58 heavy (non-hydrogen) atoms. The van der Waals surface area contributed by atoms with Gasteiger partial charge in [0, 0.05) is 64.5 Å². The molecule has 302 valence electrons. The molecule has 17 heteroatoms. The second kappa shape index (κ2) is 18.6. The first-order valence-electron chi connectivity index (χ1n) is 17.3. The summed E-state index contributed by atoms with van der Waals surface area (Å²) in [7, 11) is 1.35. The third kappa shape index (κ3) is 10.9. The Bertz CT molecular complexity index is 2350. The van der Waals surface area contributed by atoms with Crippen LogP contribution in [0.25, 0.3) is 28.4 Å². The van der Waals surface area contributed by atoms with Gasteiger partial charge in [0.2, 0.25) is 17.5 Å². The zero-order chi connectivity index (χ0) is 42.1. The van der Waals surface area contributed by atoms with Crippen molar-refractivity contribution in [3.8, 4) is 40.1 Å². The molecular formula is C41H36O17. The maximum absolute atomic E-state index is 14.5. The molecule has 2 heterocycles. The van der Waals surface area contributed by atoms with E-state index in [-0.39, 0.29) is 45.3 Å². The van der Waals surface area contributed by atoms with Gasteiger partial charge < -0.3 is 47.0 Å². The van der Waals surface area contributed by atoms with Gasteiger partial charge in [0.05, 0.1) is 7.11 Å². The van der Waals surface area contributed by atoms with E-state index >= 15 is 0 Å². The highest BCUT2D eigenvalue weighted by atomic mass is 16.7. The van der Waals surface area contributed by atoms with Crippen molar-refractivity contribution < 1.29 is 75.8 Å². The molecule has 5 rings (SSSR count). The van der Waals surface area contributed by atoms with Crippen molar-refractivity contribution in [2.45, 2.75) is 53.1 Å². The summed E-state index contributed by atoms with van der Waals surface area (Å²) < 4.78 is 55.5. The lowest BCUT2D eigenvalue weighted by molar-refractivity contribution is -0.200. The predicted octanol–water partition coefficient (Wildman–Crippen LogP) is 4.98. The first kappa shape index (κ1) is 41.9.